The second-order valence-electron chi connectivity index (χ2n) is 6.03. The van der Waals surface area contributed by atoms with Crippen molar-refractivity contribution >= 4 is 27.8 Å². The molecule has 1 aromatic carbocycles. The lowest BCUT2D eigenvalue weighted by atomic mass is 9.81. The van der Waals surface area contributed by atoms with E-state index >= 15 is 0 Å². The number of halogens is 2. The smallest absolute Gasteiger partial charge is 0.302 e. The lowest BCUT2D eigenvalue weighted by molar-refractivity contribution is -0.192. The van der Waals surface area contributed by atoms with E-state index in [1.165, 1.54) is 25.0 Å². The van der Waals surface area contributed by atoms with Gasteiger partial charge in [-0.05, 0) is 24.6 Å². The molecule has 23 heavy (non-hydrogen) atoms. The minimum atomic E-state index is -0.945. The predicted molar refractivity (Wildman–Crippen MR) is 82.5 cm³/mol. The zero-order valence-corrected chi connectivity index (χ0v) is 14.4. The molecule has 1 amide bonds. The largest absolute Gasteiger partial charge is 0.462 e. The number of rotatable bonds is 2. The molecule has 124 valence electrons. The highest BCUT2D eigenvalue weighted by Gasteiger charge is 2.60. The van der Waals surface area contributed by atoms with Crippen LogP contribution in [0.4, 0.5) is 4.39 Å². The molecule has 1 aromatic rings. The second kappa shape index (κ2) is 5.87. The van der Waals surface area contributed by atoms with Gasteiger partial charge >= 0.3 is 5.97 Å². The Morgan fingerprint density at radius 2 is 2.17 bits per heavy atom. The monoisotopic (exact) mass is 385 g/mol. The number of amides is 1. The zero-order valence-electron chi connectivity index (χ0n) is 12.8. The van der Waals surface area contributed by atoms with Crippen LogP contribution in [0.3, 0.4) is 0 Å². The van der Waals surface area contributed by atoms with Gasteiger partial charge in [-0.1, -0.05) is 15.9 Å². The summed E-state index contributed by atoms with van der Waals surface area (Å²) in [6.07, 6.45) is 0.501. The summed E-state index contributed by atoms with van der Waals surface area (Å²) < 4.78 is 20.6. The molecule has 3 atom stereocenters. The van der Waals surface area contributed by atoms with Crippen LogP contribution in [-0.2, 0) is 24.7 Å². The SMILES string of the molecule is CC(=O)O[C@H]1C[C@H]2CON(C(C)=O)[C@@]2(c2cc(Br)ccc2F)C1. The molecule has 0 radical (unpaired) electrons. The third kappa shape index (κ3) is 2.65. The van der Waals surface area contributed by atoms with Crippen LogP contribution in [0.2, 0.25) is 0 Å². The van der Waals surface area contributed by atoms with E-state index in [0.29, 0.717) is 29.5 Å². The van der Waals surface area contributed by atoms with Crippen molar-refractivity contribution in [1.29, 1.82) is 0 Å². The van der Waals surface area contributed by atoms with Crippen LogP contribution in [0.25, 0.3) is 0 Å². The van der Waals surface area contributed by atoms with Gasteiger partial charge in [-0.2, -0.15) is 0 Å². The minimum Gasteiger partial charge on any atom is -0.462 e. The number of hydrogen-bond donors (Lipinski definition) is 0. The highest BCUT2D eigenvalue weighted by molar-refractivity contribution is 9.10. The third-order valence-corrected chi connectivity index (χ3v) is 5.04. The van der Waals surface area contributed by atoms with Gasteiger partial charge in [0.25, 0.3) is 0 Å². The lowest BCUT2D eigenvalue weighted by Gasteiger charge is -2.36. The zero-order chi connectivity index (χ0) is 16.8. The fraction of sp³-hybridized carbons (Fsp3) is 0.500. The van der Waals surface area contributed by atoms with Gasteiger partial charge in [0, 0.05) is 36.2 Å². The van der Waals surface area contributed by atoms with Crippen LogP contribution >= 0.6 is 15.9 Å². The molecule has 1 saturated carbocycles. The number of fused-ring (bicyclic) bond motifs is 1. The Labute approximate surface area is 141 Å². The van der Waals surface area contributed by atoms with E-state index in [0.717, 1.165) is 0 Å². The van der Waals surface area contributed by atoms with E-state index in [2.05, 4.69) is 15.9 Å². The first kappa shape index (κ1) is 16.4. The van der Waals surface area contributed by atoms with Gasteiger partial charge in [-0.25, -0.2) is 9.45 Å². The summed E-state index contributed by atoms with van der Waals surface area (Å²) in [6.45, 7) is 3.03. The molecular weight excluding hydrogens is 369 g/mol. The molecule has 1 aliphatic carbocycles. The van der Waals surface area contributed by atoms with E-state index < -0.39 is 11.4 Å². The van der Waals surface area contributed by atoms with Crippen LogP contribution in [0, 0.1) is 11.7 Å². The molecule has 3 rings (SSSR count). The Balaban J connectivity index is 2.09. The van der Waals surface area contributed by atoms with Crippen LogP contribution in [-0.4, -0.2) is 29.7 Å². The van der Waals surface area contributed by atoms with Gasteiger partial charge in [0.05, 0.1) is 6.61 Å². The van der Waals surface area contributed by atoms with E-state index in [4.69, 9.17) is 9.57 Å². The molecule has 1 aliphatic heterocycles. The molecule has 2 aliphatic rings. The van der Waals surface area contributed by atoms with Gasteiger partial charge in [0.1, 0.15) is 17.5 Å². The predicted octanol–water partition coefficient (Wildman–Crippen LogP) is 2.92. The van der Waals surface area contributed by atoms with Crippen molar-refractivity contribution in [3.63, 3.8) is 0 Å². The normalized spacial score (nSPS) is 29.5. The van der Waals surface area contributed by atoms with Gasteiger partial charge in [-0.3, -0.25) is 14.4 Å². The summed E-state index contributed by atoms with van der Waals surface area (Å²) in [5.41, 5.74) is -0.556. The maximum absolute atomic E-state index is 14.6. The fourth-order valence-corrected chi connectivity index (χ4v) is 4.17. The third-order valence-electron chi connectivity index (χ3n) is 4.54. The van der Waals surface area contributed by atoms with Crippen molar-refractivity contribution in [1.82, 2.24) is 5.06 Å². The van der Waals surface area contributed by atoms with Gasteiger partial charge in [0.15, 0.2) is 0 Å². The maximum Gasteiger partial charge on any atom is 0.302 e. The Bertz CT molecular complexity index is 667. The highest BCUT2D eigenvalue weighted by Crippen LogP contribution is 2.54. The van der Waals surface area contributed by atoms with Gasteiger partial charge in [0.2, 0.25) is 5.91 Å². The van der Waals surface area contributed by atoms with Crippen molar-refractivity contribution in [3.8, 4) is 0 Å². The Hall–Kier alpha value is -1.47. The van der Waals surface area contributed by atoms with E-state index in [1.807, 2.05) is 0 Å². The van der Waals surface area contributed by atoms with Gasteiger partial charge < -0.3 is 4.74 Å². The number of hydrogen-bond acceptors (Lipinski definition) is 4. The number of nitrogens with zero attached hydrogens (tertiary/aromatic N) is 1. The first-order chi connectivity index (χ1) is 10.8. The lowest BCUT2D eigenvalue weighted by Crippen LogP contribution is -2.45. The summed E-state index contributed by atoms with van der Waals surface area (Å²) in [6, 6.07) is 4.64. The van der Waals surface area contributed by atoms with Crippen molar-refractivity contribution < 1.29 is 23.6 Å². The van der Waals surface area contributed by atoms with Crippen LogP contribution in [0.5, 0.6) is 0 Å². The van der Waals surface area contributed by atoms with Crippen LogP contribution in [0.15, 0.2) is 22.7 Å². The molecular formula is C16H17BrFNO4. The molecule has 2 fully saturated rings. The minimum absolute atomic E-state index is 0.125. The number of carbonyl (C=O) groups excluding carboxylic acids is 2. The van der Waals surface area contributed by atoms with Crippen molar-refractivity contribution in [2.24, 2.45) is 5.92 Å². The van der Waals surface area contributed by atoms with E-state index in [9.17, 15) is 14.0 Å². The number of benzene rings is 1. The fourth-order valence-electron chi connectivity index (χ4n) is 3.81. The van der Waals surface area contributed by atoms with Gasteiger partial charge in [-0.15, -0.1) is 0 Å². The highest BCUT2D eigenvalue weighted by atomic mass is 79.9. The Morgan fingerprint density at radius 3 is 2.83 bits per heavy atom. The quantitative estimate of drug-likeness (QED) is 0.734. The van der Waals surface area contributed by atoms with Crippen molar-refractivity contribution in [2.45, 2.75) is 38.3 Å². The summed E-state index contributed by atoms with van der Waals surface area (Å²) in [5.74, 6) is -1.21. The van der Waals surface area contributed by atoms with Crippen molar-refractivity contribution in [3.05, 3.63) is 34.1 Å². The standard InChI is InChI=1S/C16H17BrFNO4/c1-9(20)19-16(14-6-12(17)3-4-15(14)18)7-13(23-10(2)21)5-11(16)8-22-19/h3-4,6,11,13H,5,7-8H2,1-2H3/t11-,13-,16-/m0/s1. The first-order valence-electron chi connectivity index (χ1n) is 7.41. The number of carbonyl (C=O) groups is 2. The Kier molecular flexibility index (Phi) is 4.18. The summed E-state index contributed by atoms with van der Waals surface area (Å²) in [4.78, 5) is 28.9. The summed E-state index contributed by atoms with van der Waals surface area (Å²) in [7, 11) is 0. The summed E-state index contributed by atoms with van der Waals surface area (Å²) >= 11 is 3.35. The number of hydroxylamine groups is 2. The molecule has 0 bridgehead atoms. The molecule has 0 spiro atoms. The summed E-state index contributed by atoms with van der Waals surface area (Å²) in [5, 5.41) is 1.26. The van der Waals surface area contributed by atoms with E-state index in [-0.39, 0.29) is 23.9 Å². The topological polar surface area (TPSA) is 55.8 Å². The Morgan fingerprint density at radius 1 is 1.43 bits per heavy atom. The maximum atomic E-state index is 14.6. The average molecular weight is 386 g/mol. The first-order valence-corrected chi connectivity index (χ1v) is 8.20. The number of ether oxygens (including phenoxy) is 1. The molecule has 1 saturated heterocycles. The molecule has 7 heteroatoms. The molecule has 5 nitrogen and oxygen atoms in total. The van der Waals surface area contributed by atoms with Crippen LogP contribution in [0.1, 0.15) is 32.3 Å². The number of esters is 1. The molecule has 0 N–H and O–H groups in total. The van der Waals surface area contributed by atoms with Crippen LogP contribution < -0.4 is 0 Å². The molecule has 0 aromatic heterocycles. The molecule has 0 unspecified atom stereocenters. The second-order valence-corrected chi connectivity index (χ2v) is 6.94. The average Bonchev–Trinajstić information content (AvgIpc) is 2.95. The van der Waals surface area contributed by atoms with E-state index in [1.54, 1.807) is 12.1 Å². The molecule has 1 heterocycles. The van der Waals surface area contributed by atoms with Crippen molar-refractivity contribution in [2.75, 3.05) is 6.61 Å².